The predicted octanol–water partition coefficient (Wildman–Crippen LogP) is 1.36. The van der Waals surface area contributed by atoms with Crippen LogP contribution in [-0.4, -0.2) is 9.79 Å². The summed E-state index contributed by atoms with van der Waals surface area (Å²) in [6.45, 7) is 2.08. The maximum absolute atomic E-state index is 8.74. The van der Waals surface area contributed by atoms with Crippen molar-refractivity contribution in [3.63, 3.8) is 0 Å². The first-order chi connectivity index (χ1) is 5.13. The molecule has 0 aliphatic carbocycles. The lowest BCUT2D eigenvalue weighted by Gasteiger charge is -1.82. The van der Waals surface area contributed by atoms with E-state index in [4.69, 9.17) is 14.4 Å². The summed E-state index contributed by atoms with van der Waals surface area (Å²) in [6, 6.07) is 10.3. The Balaban J connectivity index is 0.000000218. The molecule has 2 N–H and O–H groups in total. The zero-order valence-corrected chi connectivity index (χ0v) is 7.19. The van der Waals surface area contributed by atoms with Crippen molar-refractivity contribution in [1.82, 2.24) is 0 Å². The van der Waals surface area contributed by atoms with Gasteiger partial charge >= 0.3 is 8.25 Å². The van der Waals surface area contributed by atoms with Gasteiger partial charge in [-0.1, -0.05) is 35.9 Å². The molecule has 1 aromatic rings. The fourth-order valence-corrected chi connectivity index (χ4v) is 0.534. The number of benzene rings is 1. The van der Waals surface area contributed by atoms with E-state index in [1.165, 1.54) is 5.56 Å². The molecule has 0 saturated carbocycles. The van der Waals surface area contributed by atoms with Gasteiger partial charge in [-0.15, -0.1) is 0 Å². The van der Waals surface area contributed by atoms with Crippen LogP contribution in [-0.2, 0) is 4.57 Å². The van der Waals surface area contributed by atoms with Crippen molar-refractivity contribution >= 4 is 8.25 Å². The molecule has 0 atom stereocenters. The largest absolute Gasteiger partial charge is 0.326 e. The Morgan fingerprint density at radius 1 is 1.18 bits per heavy atom. The van der Waals surface area contributed by atoms with Crippen LogP contribution >= 0.6 is 8.25 Å². The molecule has 0 heterocycles. The molecule has 0 bridgehead atoms. The van der Waals surface area contributed by atoms with Gasteiger partial charge in [0.2, 0.25) is 0 Å². The van der Waals surface area contributed by atoms with E-state index in [0.717, 1.165) is 0 Å². The molecule has 3 nitrogen and oxygen atoms in total. The summed E-state index contributed by atoms with van der Waals surface area (Å²) in [4.78, 5) is 14.3. The molecule has 0 radical (unpaired) electrons. The second-order valence-corrected chi connectivity index (χ2v) is 2.50. The van der Waals surface area contributed by atoms with E-state index < -0.39 is 8.25 Å². The van der Waals surface area contributed by atoms with Crippen LogP contribution in [0.2, 0.25) is 0 Å². The van der Waals surface area contributed by atoms with Crippen molar-refractivity contribution in [2.75, 3.05) is 0 Å². The first-order valence-corrected chi connectivity index (χ1v) is 4.36. The fourth-order valence-electron chi connectivity index (χ4n) is 0.534. The van der Waals surface area contributed by atoms with Crippen LogP contribution in [0.1, 0.15) is 5.56 Å². The van der Waals surface area contributed by atoms with Gasteiger partial charge in [-0.05, 0) is 6.92 Å². The number of rotatable bonds is 0. The van der Waals surface area contributed by atoms with Gasteiger partial charge in [0, 0.05) is 0 Å². The van der Waals surface area contributed by atoms with Crippen molar-refractivity contribution in [2.45, 2.75) is 6.92 Å². The van der Waals surface area contributed by atoms with Gasteiger partial charge in [-0.2, -0.15) is 0 Å². The average molecular weight is 174 g/mol. The molecule has 0 saturated heterocycles. The zero-order chi connectivity index (χ0) is 8.69. The number of hydrogen-bond donors (Lipinski definition) is 2. The summed E-state index contributed by atoms with van der Waals surface area (Å²) in [5.74, 6) is 0. The number of aryl methyl sites for hydroxylation is 1. The molecule has 0 unspecified atom stereocenters. The van der Waals surface area contributed by atoms with Gasteiger partial charge in [-0.3, -0.25) is 4.57 Å². The molecule has 1 rings (SSSR count). The molecule has 0 aliphatic heterocycles. The maximum atomic E-state index is 8.74. The van der Waals surface area contributed by atoms with Gasteiger partial charge in [0.25, 0.3) is 0 Å². The van der Waals surface area contributed by atoms with E-state index >= 15 is 0 Å². The molecule has 1 aromatic carbocycles. The molecule has 0 amide bonds. The third-order valence-corrected chi connectivity index (χ3v) is 0.940. The summed E-state index contributed by atoms with van der Waals surface area (Å²) < 4.78 is 8.74. The molecule has 0 spiro atoms. The lowest BCUT2D eigenvalue weighted by molar-refractivity contribution is 0.405. The highest BCUT2D eigenvalue weighted by atomic mass is 31.1. The third kappa shape index (κ3) is 9.37. The number of hydrogen-bond acceptors (Lipinski definition) is 1. The Hall–Kier alpha value is -0.630. The lowest BCUT2D eigenvalue weighted by atomic mass is 10.2. The Bertz CT molecular complexity index is 206. The van der Waals surface area contributed by atoms with Gasteiger partial charge < -0.3 is 9.79 Å². The SMILES string of the molecule is Cc1ccccc1.O=[PH](O)O. The van der Waals surface area contributed by atoms with E-state index in [9.17, 15) is 0 Å². The standard InChI is InChI=1S/C7H8.H3O3P/c1-7-5-3-2-4-6-7;1-4(2)3/h2-6H,1H3;4H,(H2,1,2,3). The summed E-state index contributed by atoms with van der Waals surface area (Å²) in [7, 11) is -3.13. The van der Waals surface area contributed by atoms with E-state index in [1.54, 1.807) is 0 Å². The van der Waals surface area contributed by atoms with Crippen molar-refractivity contribution < 1.29 is 14.4 Å². The lowest BCUT2D eigenvalue weighted by Crippen LogP contribution is -1.62. The quantitative estimate of drug-likeness (QED) is 0.584. The van der Waals surface area contributed by atoms with E-state index in [2.05, 4.69) is 19.1 Å². The van der Waals surface area contributed by atoms with E-state index in [0.29, 0.717) is 0 Å². The molecule has 62 valence electrons. The van der Waals surface area contributed by atoms with Gasteiger partial charge in [0.05, 0.1) is 0 Å². The van der Waals surface area contributed by atoms with Crippen molar-refractivity contribution in [2.24, 2.45) is 0 Å². The summed E-state index contributed by atoms with van der Waals surface area (Å²) in [5, 5.41) is 0. The average Bonchev–Trinajstić information content (AvgIpc) is 1.87. The van der Waals surface area contributed by atoms with Crippen LogP contribution in [0.5, 0.6) is 0 Å². The second-order valence-electron chi connectivity index (χ2n) is 1.94. The Morgan fingerprint density at radius 2 is 1.55 bits per heavy atom. The first-order valence-electron chi connectivity index (χ1n) is 3.06. The minimum atomic E-state index is -3.13. The van der Waals surface area contributed by atoms with Crippen LogP contribution in [0.25, 0.3) is 0 Å². The van der Waals surface area contributed by atoms with Gasteiger partial charge in [0.15, 0.2) is 0 Å². The topological polar surface area (TPSA) is 57.5 Å². The van der Waals surface area contributed by atoms with Crippen LogP contribution in [0.4, 0.5) is 0 Å². The Kier molecular flexibility index (Phi) is 5.75. The highest BCUT2D eigenvalue weighted by Gasteiger charge is 1.72. The first kappa shape index (κ1) is 10.4. The van der Waals surface area contributed by atoms with E-state index in [1.807, 2.05) is 18.2 Å². The van der Waals surface area contributed by atoms with Crippen LogP contribution < -0.4 is 0 Å². The highest BCUT2D eigenvalue weighted by molar-refractivity contribution is 7.30. The molecule has 4 heteroatoms. The predicted molar refractivity (Wildman–Crippen MR) is 44.6 cm³/mol. The van der Waals surface area contributed by atoms with Gasteiger partial charge in [0.1, 0.15) is 0 Å². The minimum Gasteiger partial charge on any atom is -0.326 e. The molecule has 0 aliphatic rings. The smallest absolute Gasteiger partial charge is 0.314 e. The van der Waals surface area contributed by atoms with Crippen molar-refractivity contribution in [1.29, 1.82) is 0 Å². The molecule has 0 aromatic heterocycles. The molecular weight excluding hydrogens is 163 g/mol. The second kappa shape index (κ2) is 6.10. The maximum Gasteiger partial charge on any atom is 0.314 e. The molecule has 11 heavy (non-hydrogen) atoms. The molecule has 0 fully saturated rings. The van der Waals surface area contributed by atoms with Crippen molar-refractivity contribution in [3.8, 4) is 0 Å². The van der Waals surface area contributed by atoms with Crippen LogP contribution in [0.15, 0.2) is 30.3 Å². The monoisotopic (exact) mass is 174 g/mol. The summed E-state index contributed by atoms with van der Waals surface area (Å²) >= 11 is 0. The Labute approximate surface area is 66.3 Å². The van der Waals surface area contributed by atoms with Gasteiger partial charge in [-0.25, -0.2) is 0 Å². The Morgan fingerprint density at radius 3 is 1.73 bits per heavy atom. The van der Waals surface area contributed by atoms with Crippen molar-refractivity contribution in [3.05, 3.63) is 35.9 Å². The third-order valence-electron chi connectivity index (χ3n) is 0.940. The van der Waals surface area contributed by atoms with Crippen LogP contribution in [0.3, 0.4) is 0 Å². The normalized spacial score (nSPS) is 8.73. The highest BCUT2D eigenvalue weighted by Crippen LogP contribution is 1.98. The summed E-state index contributed by atoms with van der Waals surface area (Å²) in [6.07, 6.45) is 0. The summed E-state index contributed by atoms with van der Waals surface area (Å²) in [5.41, 5.74) is 1.32. The fraction of sp³-hybridized carbons (Fsp3) is 0.143. The van der Waals surface area contributed by atoms with Crippen LogP contribution in [0, 0.1) is 6.92 Å². The molecular formula is C7H11O3P. The zero-order valence-electron chi connectivity index (χ0n) is 6.19. The minimum absolute atomic E-state index is 1.32. The van der Waals surface area contributed by atoms with E-state index in [-0.39, 0.29) is 0 Å².